The number of carbonyl (C=O) groups is 1. The molecule has 3 N–H and O–H groups in total. The monoisotopic (exact) mass is 208 g/mol. The Kier molecular flexibility index (Phi) is 2.45. The summed E-state index contributed by atoms with van der Waals surface area (Å²) in [4.78, 5) is 14.7. The molecule has 15 heavy (non-hydrogen) atoms. The molecule has 80 valence electrons. The molecule has 1 fully saturated rings. The molecule has 0 atom stereocenters. The minimum absolute atomic E-state index is 0.0378. The Morgan fingerprint density at radius 1 is 1.67 bits per heavy atom. The Hall–Kier alpha value is -1.78. The molecule has 0 amide bonds. The Morgan fingerprint density at radius 3 is 3.00 bits per heavy atom. The fourth-order valence-electron chi connectivity index (χ4n) is 1.24. The Balaban J connectivity index is 2.14. The molecule has 0 aliphatic heterocycles. The molecule has 0 bridgehead atoms. The number of rotatable bonds is 4. The van der Waals surface area contributed by atoms with Gasteiger partial charge in [-0.2, -0.15) is 0 Å². The molecule has 0 unspecified atom stereocenters. The van der Waals surface area contributed by atoms with E-state index in [1.807, 2.05) is 0 Å². The molecule has 0 aromatic carbocycles. The number of anilines is 1. The predicted molar refractivity (Wildman–Crippen MR) is 53.8 cm³/mol. The zero-order valence-electron chi connectivity index (χ0n) is 8.14. The van der Waals surface area contributed by atoms with Gasteiger partial charge >= 0.3 is 5.97 Å². The van der Waals surface area contributed by atoms with Crippen LogP contribution >= 0.6 is 0 Å². The molecule has 0 saturated heterocycles. The van der Waals surface area contributed by atoms with Crippen LogP contribution in [0.15, 0.2) is 12.3 Å². The first-order chi connectivity index (χ1) is 7.18. The van der Waals surface area contributed by atoms with Crippen LogP contribution in [0.5, 0.6) is 5.88 Å². The van der Waals surface area contributed by atoms with Gasteiger partial charge < -0.3 is 15.6 Å². The number of nitrogens with zero attached hydrogens (tertiary/aromatic N) is 1. The van der Waals surface area contributed by atoms with Crippen LogP contribution in [-0.4, -0.2) is 22.7 Å². The zero-order chi connectivity index (χ0) is 10.8. The molecule has 1 aliphatic carbocycles. The van der Waals surface area contributed by atoms with E-state index in [1.165, 1.54) is 25.1 Å². The van der Waals surface area contributed by atoms with Gasteiger partial charge in [0.1, 0.15) is 5.69 Å². The third kappa shape index (κ3) is 2.18. The van der Waals surface area contributed by atoms with Crippen molar-refractivity contribution in [1.29, 1.82) is 0 Å². The molecule has 5 heteroatoms. The average molecular weight is 208 g/mol. The minimum Gasteiger partial charge on any atom is -0.478 e. The quantitative estimate of drug-likeness (QED) is 0.775. The number of carboxylic acid groups (broad SMARTS) is 1. The van der Waals surface area contributed by atoms with Gasteiger partial charge in [0.05, 0.1) is 12.2 Å². The second kappa shape index (κ2) is 3.76. The summed E-state index contributed by atoms with van der Waals surface area (Å²) in [6.07, 6.45) is 3.72. The molecular weight excluding hydrogens is 196 g/mol. The summed E-state index contributed by atoms with van der Waals surface area (Å²) in [5, 5.41) is 8.82. The second-order valence-electron chi connectivity index (χ2n) is 3.64. The summed E-state index contributed by atoms with van der Waals surface area (Å²) in [6, 6.07) is 1.36. The molecule has 1 aromatic heterocycles. The van der Waals surface area contributed by atoms with Crippen LogP contribution in [0, 0.1) is 5.92 Å². The highest BCUT2D eigenvalue weighted by atomic mass is 16.5. The maximum Gasteiger partial charge on any atom is 0.338 e. The highest BCUT2D eigenvalue weighted by molar-refractivity contribution is 5.94. The molecular formula is C10H12N2O3. The van der Waals surface area contributed by atoms with Crippen LogP contribution in [0.1, 0.15) is 23.2 Å². The highest BCUT2D eigenvalue weighted by Gasteiger charge is 2.23. The lowest BCUT2D eigenvalue weighted by atomic mass is 10.2. The van der Waals surface area contributed by atoms with Crippen molar-refractivity contribution in [2.45, 2.75) is 12.8 Å². The molecule has 1 aliphatic rings. The molecule has 2 rings (SSSR count). The predicted octanol–water partition coefficient (Wildman–Crippen LogP) is 1.15. The lowest BCUT2D eigenvalue weighted by Crippen LogP contribution is -2.08. The normalized spacial score (nSPS) is 14.9. The van der Waals surface area contributed by atoms with Crippen molar-refractivity contribution in [3.8, 4) is 5.88 Å². The number of nitrogens with two attached hydrogens (primary N) is 1. The van der Waals surface area contributed by atoms with Crippen molar-refractivity contribution in [3.05, 3.63) is 17.8 Å². The topological polar surface area (TPSA) is 85.4 Å². The van der Waals surface area contributed by atoms with Gasteiger partial charge in [0.2, 0.25) is 5.88 Å². The average Bonchev–Trinajstić information content (AvgIpc) is 2.99. The van der Waals surface area contributed by atoms with E-state index in [1.54, 1.807) is 0 Å². The summed E-state index contributed by atoms with van der Waals surface area (Å²) in [5.74, 6) is -0.257. The van der Waals surface area contributed by atoms with E-state index in [4.69, 9.17) is 15.6 Å². The van der Waals surface area contributed by atoms with Gasteiger partial charge in [0.25, 0.3) is 0 Å². The SMILES string of the molecule is Nc1c(C(=O)O)ccnc1OCC1CC1. The molecule has 1 saturated carbocycles. The van der Waals surface area contributed by atoms with E-state index >= 15 is 0 Å². The fourth-order valence-corrected chi connectivity index (χ4v) is 1.24. The van der Waals surface area contributed by atoms with Crippen molar-refractivity contribution in [2.24, 2.45) is 5.92 Å². The van der Waals surface area contributed by atoms with E-state index in [9.17, 15) is 4.79 Å². The van der Waals surface area contributed by atoms with Crippen LogP contribution in [0.25, 0.3) is 0 Å². The van der Waals surface area contributed by atoms with Crippen molar-refractivity contribution in [3.63, 3.8) is 0 Å². The number of hydrogen-bond donors (Lipinski definition) is 2. The van der Waals surface area contributed by atoms with Gasteiger partial charge in [-0.25, -0.2) is 9.78 Å². The first-order valence-corrected chi connectivity index (χ1v) is 4.79. The lowest BCUT2D eigenvalue weighted by molar-refractivity contribution is 0.0697. The number of aromatic carboxylic acids is 1. The molecule has 1 heterocycles. The summed E-state index contributed by atoms with van der Waals surface area (Å²) >= 11 is 0. The third-order valence-corrected chi connectivity index (χ3v) is 2.34. The molecule has 1 aromatic rings. The van der Waals surface area contributed by atoms with Crippen molar-refractivity contribution in [1.82, 2.24) is 4.98 Å². The van der Waals surface area contributed by atoms with E-state index in [-0.39, 0.29) is 17.1 Å². The van der Waals surface area contributed by atoms with Gasteiger partial charge in [-0.1, -0.05) is 0 Å². The highest BCUT2D eigenvalue weighted by Crippen LogP contribution is 2.30. The first-order valence-electron chi connectivity index (χ1n) is 4.79. The second-order valence-corrected chi connectivity index (χ2v) is 3.64. The summed E-state index contributed by atoms with van der Waals surface area (Å²) in [6.45, 7) is 0.570. The number of nitrogen functional groups attached to an aromatic ring is 1. The van der Waals surface area contributed by atoms with E-state index < -0.39 is 5.97 Å². The third-order valence-electron chi connectivity index (χ3n) is 2.34. The van der Waals surface area contributed by atoms with Gasteiger partial charge in [-0.15, -0.1) is 0 Å². The van der Waals surface area contributed by atoms with Crippen LogP contribution in [0.2, 0.25) is 0 Å². The van der Waals surface area contributed by atoms with Crippen LogP contribution in [0.3, 0.4) is 0 Å². The van der Waals surface area contributed by atoms with E-state index in [2.05, 4.69) is 4.98 Å². The summed E-state index contributed by atoms with van der Waals surface area (Å²) in [5.41, 5.74) is 5.76. The largest absolute Gasteiger partial charge is 0.478 e. The minimum atomic E-state index is -1.06. The fraction of sp³-hybridized carbons (Fsp3) is 0.400. The van der Waals surface area contributed by atoms with Crippen molar-refractivity contribution < 1.29 is 14.6 Å². The van der Waals surface area contributed by atoms with Gasteiger partial charge in [-0.05, 0) is 24.8 Å². The van der Waals surface area contributed by atoms with Gasteiger partial charge in [0, 0.05) is 6.20 Å². The Bertz CT molecular complexity index is 388. The van der Waals surface area contributed by atoms with Crippen LogP contribution < -0.4 is 10.5 Å². The molecule has 0 radical (unpaired) electrons. The van der Waals surface area contributed by atoms with E-state index in [0.717, 1.165) is 0 Å². The number of aromatic nitrogens is 1. The maximum atomic E-state index is 10.8. The zero-order valence-corrected chi connectivity index (χ0v) is 8.14. The number of hydrogen-bond acceptors (Lipinski definition) is 4. The lowest BCUT2D eigenvalue weighted by Gasteiger charge is -2.08. The smallest absolute Gasteiger partial charge is 0.338 e. The maximum absolute atomic E-state index is 10.8. The number of ether oxygens (including phenoxy) is 1. The standard InChI is InChI=1S/C10H12N2O3/c11-8-7(10(13)14)3-4-12-9(8)15-5-6-1-2-6/h3-4,6H,1-2,5,11H2,(H,13,14). The summed E-state index contributed by atoms with van der Waals surface area (Å²) < 4.78 is 5.35. The van der Waals surface area contributed by atoms with Crippen molar-refractivity contribution in [2.75, 3.05) is 12.3 Å². The van der Waals surface area contributed by atoms with Crippen LogP contribution in [-0.2, 0) is 0 Å². The van der Waals surface area contributed by atoms with Gasteiger partial charge in [-0.3, -0.25) is 0 Å². The Labute approximate surface area is 86.9 Å². The summed E-state index contributed by atoms with van der Waals surface area (Å²) in [7, 11) is 0. The number of pyridine rings is 1. The van der Waals surface area contributed by atoms with Crippen LogP contribution in [0.4, 0.5) is 5.69 Å². The first kappa shape index (κ1) is 9.76. The van der Waals surface area contributed by atoms with E-state index in [0.29, 0.717) is 12.5 Å². The number of carboxylic acids is 1. The van der Waals surface area contributed by atoms with Gasteiger partial charge in [0.15, 0.2) is 0 Å². The molecule has 5 nitrogen and oxygen atoms in total. The molecule has 0 spiro atoms. The Morgan fingerprint density at radius 2 is 2.40 bits per heavy atom. The van der Waals surface area contributed by atoms with Crippen molar-refractivity contribution >= 4 is 11.7 Å².